The Morgan fingerprint density at radius 2 is 2.14 bits per heavy atom. The Balaban J connectivity index is 3.01. The lowest BCUT2D eigenvalue weighted by atomic mass is 10.3. The van der Waals surface area contributed by atoms with Crippen LogP contribution in [0.25, 0.3) is 0 Å². The van der Waals surface area contributed by atoms with Gasteiger partial charge in [0.25, 0.3) is 6.43 Å². The second kappa shape index (κ2) is 7.38. The van der Waals surface area contributed by atoms with Crippen LogP contribution < -0.4 is 4.68 Å². The van der Waals surface area contributed by atoms with E-state index in [0.29, 0.717) is 0 Å². The van der Waals surface area contributed by atoms with Crippen LogP contribution in [0.1, 0.15) is 21.0 Å². The molecule has 0 amide bonds. The zero-order valence-electron chi connectivity index (χ0n) is 10.8. The molecule has 0 bridgehead atoms. The van der Waals surface area contributed by atoms with E-state index in [1.165, 1.54) is 0 Å². The number of aromatic carboxylic acids is 1. The number of hydrogen-bond donors (Lipinski definition) is 2. The van der Waals surface area contributed by atoms with Gasteiger partial charge in [0.2, 0.25) is 11.4 Å². The van der Waals surface area contributed by atoms with Crippen molar-refractivity contribution in [2.75, 3.05) is 20.3 Å². The maximum atomic E-state index is 11.9. The van der Waals surface area contributed by atoms with Gasteiger partial charge < -0.3 is 14.6 Å². The summed E-state index contributed by atoms with van der Waals surface area (Å²) in [5.74, 6) is -2.51. The lowest BCUT2D eigenvalue weighted by Crippen LogP contribution is -2.43. The average Bonchev–Trinajstić information content (AvgIpc) is 2.81. The minimum atomic E-state index is -2.66. The van der Waals surface area contributed by atoms with Crippen LogP contribution >= 0.6 is 0 Å². The van der Waals surface area contributed by atoms with Crippen LogP contribution in [0.5, 0.6) is 0 Å². The molecule has 0 atom stereocenters. The van der Waals surface area contributed by atoms with E-state index in [1.54, 1.807) is 0 Å². The van der Waals surface area contributed by atoms with Crippen molar-refractivity contribution in [2.24, 2.45) is 5.18 Å². The third kappa shape index (κ3) is 4.02. The highest BCUT2D eigenvalue weighted by atomic mass is 19.3. The smallest absolute Gasteiger partial charge is 0.406 e. The number of aromatic nitrogens is 2. The van der Waals surface area contributed by atoms with Crippen molar-refractivity contribution in [2.45, 2.75) is 13.0 Å². The SMILES string of the molecule is COC(=O)c1[nH][n+](CCOCC(F)F)c(C(=O)O)c1N=O. The topological polar surface area (TPSA) is 122 Å². The molecule has 1 aromatic heterocycles. The molecule has 0 aliphatic carbocycles. The number of carboxylic acid groups (broad SMARTS) is 1. The van der Waals surface area contributed by atoms with Crippen LogP contribution in [-0.4, -0.2) is 48.9 Å². The maximum absolute atomic E-state index is 11.9. The molecule has 0 radical (unpaired) electrons. The summed E-state index contributed by atoms with van der Waals surface area (Å²) in [7, 11) is 1.04. The molecule has 0 fully saturated rings. The lowest BCUT2D eigenvalue weighted by Gasteiger charge is -1.99. The number of carboxylic acids is 1. The fourth-order valence-corrected chi connectivity index (χ4v) is 1.54. The van der Waals surface area contributed by atoms with Gasteiger partial charge in [-0.05, 0) is 5.18 Å². The highest BCUT2D eigenvalue weighted by molar-refractivity contribution is 5.99. The summed E-state index contributed by atoms with van der Waals surface area (Å²) in [5.41, 5.74) is -1.67. The van der Waals surface area contributed by atoms with Crippen LogP contribution in [-0.2, 0) is 16.0 Å². The van der Waals surface area contributed by atoms with Gasteiger partial charge in [-0.15, -0.1) is 4.91 Å². The van der Waals surface area contributed by atoms with Crippen molar-refractivity contribution in [1.82, 2.24) is 5.10 Å². The van der Waals surface area contributed by atoms with Gasteiger partial charge in [-0.3, -0.25) is 0 Å². The first-order chi connectivity index (χ1) is 9.92. The molecule has 9 nitrogen and oxygen atoms in total. The van der Waals surface area contributed by atoms with Gasteiger partial charge in [0.05, 0.1) is 7.11 Å². The molecule has 0 aromatic carbocycles. The zero-order chi connectivity index (χ0) is 16.0. The monoisotopic (exact) mass is 308 g/mol. The van der Waals surface area contributed by atoms with E-state index >= 15 is 0 Å². The molecule has 0 unspecified atom stereocenters. The first-order valence-electron chi connectivity index (χ1n) is 5.59. The molecule has 0 saturated heterocycles. The van der Waals surface area contributed by atoms with E-state index < -0.39 is 42.0 Å². The number of nitroso groups, excluding NO2 is 1. The Morgan fingerprint density at radius 3 is 2.62 bits per heavy atom. The number of rotatable bonds is 8. The summed E-state index contributed by atoms with van der Waals surface area (Å²) in [5, 5.41) is 13.9. The third-order valence-electron chi connectivity index (χ3n) is 2.36. The fraction of sp³-hybridized carbons (Fsp3) is 0.500. The summed E-state index contributed by atoms with van der Waals surface area (Å²) in [6.45, 7) is -1.27. The predicted octanol–water partition coefficient (Wildman–Crippen LogP) is 0.467. The highest BCUT2D eigenvalue weighted by Gasteiger charge is 2.35. The Hall–Kier alpha value is -2.43. The van der Waals surface area contributed by atoms with E-state index in [-0.39, 0.29) is 13.2 Å². The molecule has 0 aliphatic heterocycles. The van der Waals surface area contributed by atoms with Crippen molar-refractivity contribution in [3.8, 4) is 0 Å². The van der Waals surface area contributed by atoms with E-state index in [1.807, 2.05) is 0 Å². The van der Waals surface area contributed by atoms with Crippen molar-refractivity contribution in [1.29, 1.82) is 0 Å². The second-order valence-corrected chi connectivity index (χ2v) is 3.69. The van der Waals surface area contributed by atoms with Crippen LogP contribution in [0.3, 0.4) is 0 Å². The molecule has 11 heteroatoms. The largest absolute Gasteiger partial charge is 0.473 e. The standard InChI is InChI=1S/C10H11F2N3O6/c1-20-10(18)7-6(14-19)8(9(16)17)15(13-7)2-3-21-4-5(11)12/h5H,2-4H2,1H3,(H,16,17)/p+1. The van der Waals surface area contributed by atoms with Gasteiger partial charge >= 0.3 is 17.6 Å². The lowest BCUT2D eigenvalue weighted by molar-refractivity contribution is -0.753. The molecule has 0 saturated carbocycles. The Bertz CT molecular complexity index is 545. The van der Waals surface area contributed by atoms with Gasteiger partial charge in [0.15, 0.2) is 6.54 Å². The number of methoxy groups -OCH3 is 1. The molecule has 1 heterocycles. The molecule has 1 rings (SSSR count). The molecule has 0 aliphatic rings. The predicted molar refractivity (Wildman–Crippen MR) is 61.6 cm³/mol. The average molecular weight is 308 g/mol. The van der Waals surface area contributed by atoms with Crippen molar-refractivity contribution < 1.29 is 37.6 Å². The van der Waals surface area contributed by atoms with Gasteiger partial charge in [-0.2, -0.15) is 5.10 Å². The third-order valence-corrected chi connectivity index (χ3v) is 2.36. The number of nitrogens with one attached hydrogen (secondary N) is 1. The van der Waals surface area contributed by atoms with Gasteiger partial charge in [-0.25, -0.2) is 18.4 Å². The normalized spacial score (nSPS) is 10.7. The number of H-pyrrole nitrogens is 1. The minimum absolute atomic E-state index is 0.201. The Morgan fingerprint density at radius 1 is 1.48 bits per heavy atom. The second-order valence-electron chi connectivity index (χ2n) is 3.69. The first kappa shape index (κ1) is 16.6. The molecular weight excluding hydrogens is 296 g/mol. The van der Waals surface area contributed by atoms with E-state index in [4.69, 9.17) is 5.11 Å². The number of alkyl halides is 2. The van der Waals surface area contributed by atoms with Crippen LogP contribution in [0.15, 0.2) is 5.18 Å². The zero-order valence-corrected chi connectivity index (χ0v) is 10.8. The number of nitrogens with zero attached hydrogens (tertiary/aromatic N) is 2. The summed E-state index contributed by atoms with van der Waals surface area (Å²) >= 11 is 0. The van der Waals surface area contributed by atoms with E-state index in [2.05, 4.69) is 19.7 Å². The van der Waals surface area contributed by atoms with Gasteiger partial charge in [-0.1, -0.05) is 4.68 Å². The highest BCUT2D eigenvalue weighted by Crippen LogP contribution is 2.21. The molecule has 116 valence electrons. The van der Waals surface area contributed by atoms with Crippen molar-refractivity contribution in [3.05, 3.63) is 16.3 Å². The quantitative estimate of drug-likeness (QED) is 0.311. The van der Waals surface area contributed by atoms with Crippen molar-refractivity contribution >= 4 is 17.6 Å². The van der Waals surface area contributed by atoms with Gasteiger partial charge in [0.1, 0.15) is 13.2 Å². The van der Waals surface area contributed by atoms with E-state index in [9.17, 15) is 23.3 Å². The molecular formula is C10H12F2N3O6+. The summed E-state index contributed by atoms with van der Waals surface area (Å²) in [6.07, 6.45) is -2.66. The van der Waals surface area contributed by atoms with Crippen LogP contribution in [0, 0.1) is 4.91 Å². The molecule has 0 spiro atoms. The number of carbonyl (C=O) groups is 2. The van der Waals surface area contributed by atoms with Crippen LogP contribution in [0.4, 0.5) is 14.5 Å². The number of aromatic amines is 1. The first-order valence-corrected chi connectivity index (χ1v) is 5.59. The summed E-state index contributed by atoms with van der Waals surface area (Å²) in [4.78, 5) is 33.2. The summed E-state index contributed by atoms with van der Waals surface area (Å²) < 4.78 is 33.6. The summed E-state index contributed by atoms with van der Waals surface area (Å²) in [6, 6.07) is 0. The molecule has 21 heavy (non-hydrogen) atoms. The van der Waals surface area contributed by atoms with Crippen LogP contribution in [0.2, 0.25) is 0 Å². The molecule has 1 aromatic rings. The number of hydrogen-bond acceptors (Lipinski definition) is 6. The maximum Gasteiger partial charge on any atom is 0.406 e. The number of halogens is 2. The fourth-order valence-electron chi connectivity index (χ4n) is 1.54. The number of esters is 1. The Kier molecular flexibility index (Phi) is 5.84. The number of ether oxygens (including phenoxy) is 2. The molecule has 2 N–H and O–H groups in total. The Labute approximate surface area is 116 Å². The van der Waals surface area contributed by atoms with E-state index in [0.717, 1.165) is 11.8 Å². The minimum Gasteiger partial charge on any atom is -0.473 e. The van der Waals surface area contributed by atoms with Gasteiger partial charge in [0, 0.05) is 0 Å². The van der Waals surface area contributed by atoms with Crippen molar-refractivity contribution in [3.63, 3.8) is 0 Å². The number of carbonyl (C=O) groups excluding carboxylic acids is 1.